The van der Waals surface area contributed by atoms with Gasteiger partial charge in [-0.15, -0.1) is 0 Å². The van der Waals surface area contributed by atoms with E-state index in [0.29, 0.717) is 45.3 Å². The molecule has 0 saturated heterocycles. The predicted molar refractivity (Wildman–Crippen MR) is 146 cm³/mol. The lowest BCUT2D eigenvalue weighted by atomic mass is 9.73. The smallest absolute Gasteiger partial charge is 0.171 e. The van der Waals surface area contributed by atoms with E-state index < -0.39 is 11.8 Å². The molecular weight excluding hydrogens is 480 g/mol. The molecule has 0 amide bonds. The van der Waals surface area contributed by atoms with Gasteiger partial charge in [0, 0.05) is 11.1 Å². The molecule has 2 unspecified atom stereocenters. The van der Waals surface area contributed by atoms with Crippen LogP contribution in [0, 0.1) is 0 Å². The second kappa shape index (κ2) is 12.1. The van der Waals surface area contributed by atoms with Crippen molar-refractivity contribution < 1.29 is 28.5 Å². The van der Waals surface area contributed by atoms with Crippen LogP contribution in [0.2, 0.25) is 0 Å². The van der Waals surface area contributed by atoms with E-state index in [1.807, 2.05) is 24.3 Å². The van der Waals surface area contributed by atoms with Crippen LogP contribution in [-0.2, 0) is 0 Å². The third-order valence-corrected chi connectivity index (χ3v) is 6.60. The quantitative estimate of drug-likeness (QED) is 0.219. The zero-order valence-corrected chi connectivity index (χ0v) is 21.8. The van der Waals surface area contributed by atoms with Gasteiger partial charge in [0.15, 0.2) is 11.6 Å². The summed E-state index contributed by atoms with van der Waals surface area (Å²) < 4.78 is 21.2. The molecule has 38 heavy (non-hydrogen) atoms. The average Bonchev–Trinajstić information content (AvgIpc) is 2.99. The summed E-state index contributed by atoms with van der Waals surface area (Å²) in [5.74, 6) is 0.626. The number of methoxy groups -OCH3 is 4. The normalized spacial score (nSPS) is 12.2. The Bertz CT molecular complexity index is 1250. The number of carbonyl (C=O) groups is 2. The standard InChI is InChI=1S/C32H30O6/c1-35-25-13-5-21(6-14-25)29(31(33)23-9-17-27(37-3)18-10-23)30(22-7-15-26(36-2)16-8-22)32(34)24-11-19-28(38-4)20-12-24/h5-20,29-30H,1-4H3. The Morgan fingerprint density at radius 2 is 0.658 bits per heavy atom. The lowest BCUT2D eigenvalue weighted by Crippen LogP contribution is -2.27. The van der Waals surface area contributed by atoms with Crippen molar-refractivity contribution >= 4 is 11.6 Å². The highest BCUT2D eigenvalue weighted by Gasteiger charge is 2.37. The van der Waals surface area contributed by atoms with Crippen LogP contribution in [0.25, 0.3) is 0 Å². The molecular formula is C32H30O6. The monoisotopic (exact) mass is 510 g/mol. The number of Topliss-reactive ketones (excluding diaryl/α,β-unsaturated/α-hetero) is 2. The zero-order chi connectivity index (χ0) is 27.1. The second-order valence-corrected chi connectivity index (χ2v) is 8.69. The molecule has 0 saturated carbocycles. The first-order chi connectivity index (χ1) is 18.5. The molecule has 0 heterocycles. The molecule has 0 fully saturated rings. The van der Waals surface area contributed by atoms with Crippen LogP contribution in [0.15, 0.2) is 97.1 Å². The first-order valence-corrected chi connectivity index (χ1v) is 12.1. The van der Waals surface area contributed by atoms with Crippen LogP contribution < -0.4 is 18.9 Å². The van der Waals surface area contributed by atoms with Crippen LogP contribution in [0.3, 0.4) is 0 Å². The molecule has 6 heteroatoms. The molecule has 0 N–H and O–H groups in total. The minimum Gasteiger partial charge on any atom is -0.497 e. The van der Waals surface area contributed by atoms with Gasteiger partial charge in [0.2, 0.25) is 0 Å². The summed E-state index contributed by atoms with van der Waals surface area (Å²) in [6, 6.07) is 28.4. The molecule has 4 aromatic rings. The lowest BCUT2D eigenvalue weighted by molar-refractivity contribution is 0.0866. The Labute approximate surface area is 222 Å². The molecule has 0 aliphatic heterocycles. The van der Waals surface area contributed by atoms with Gasteiger partial charge < -0.3 is 18.9 Å². The molecule has 0 spiro atoms. The van der Waals surface area contributed by atoms with E-state index in [9.17, 15) is 9.59 Å². The fraction of sp³-hybridized carbons (Fsp3) is 0.188. The predicted octanol–water partition coefficient (Wildman–Crippen LogP) is 6.35. The molecule has 4 rings (SSSR count). The van der Waals surface area contributed by atoms with Crippen molar-refractivity contribution in [3.8, 4) is 23.0 Å². The van der Waals surface area contributed by atoms with Gasteiger partial charge in [-0.3, -0.25) is 9.59 Å². The van der Waals surface area contributed by atoms with Crippen molar-refractivity contribution in [1.82, 2.24) is 0 Å². The SMILES string of the molecule is COc1ccc(C(=O)C(c2ccc(OC)cc2)C(C(=O)c2ccc(OC)cc2)c2ccc(OC)cc2)cc1. The Balaban J connectivity index is 1.88. The van der Waals surface area contributed by atoms with Crippen LogP contribution in [0.1, 0.15) is 43.7 Å². The van der Waals surface area contributed by atoms with Crippen molar-refractivity contribution in [2.45, 2.75) is 11.8 Å². The maximum atomic E-state index is 14.2. The Hall–Kier alpha value is -4.58. The number of benzene rings is 4. The van der Waals surface area contributed by atoms with Gasteiger partial charge in [-0.25, -0.2) is 0 Å². The number of ether oxygens (including phenoxy) is 4. The van der Waals surface area contributed by atoms with Gasteiger partial charge in [-0.05, 0) is 83.9 Å². The van der Waals surface area contributed by atoms with E-state index in [0.717, 1.165) is 0 Å². The first kappa shape index (κ1) is 26.5. The molecule has 194 valence electrons. The third-order valence-electron chi connectivity index (χ3n) is 6.60. The number of hydrogen-bond donors (Lipinski definition) is 0. The molecule has 0 aliphatic carbocycles. The van der Waals surface area contributed by atoms with Gasteiger partial charge in [-0.2, -0.15) is 0 Å². The van der Waals surface area contributed by atoms with Gasteiger partial charge in [0.05, 0.1) is 40.3 Å². The largest absolute Gasteiger partial charge is 0.497 e. The highest BCUT2D eigenvalue weighted by molar-refractivity contribution is 6.09. The van der Waals surface area contributed by atoms with Gasteiger partial charge in [0.25, 0.3) is 0 Å². The van der Waals surface area contributed by atoms with Crippen LogP contribution in [-0.4, -0.2) is 40.0 Å². The van der Waals surface area contributed by atoms with Crippen LogP contribution in [0.4, 0.5) is 0 Å². The zero-order valence-electron chi connectivity index (χ0n) is 21.8. The minimum absolute atomic E-state index is 0.180. The summed E-state index contributed by atoms with van der Waals surface area (Å²) in [6.45, 7) is 0. The van der Waals surface area contributed by atoms with E-state index in [1.54, 1.807) is 101 Å². The molecule has 0 radical (unpaired) electrons. The molecule has 0 aromatic heterocycles. The van der Waals surface area contributed by atoms with E-state index in [-0.39, 0.29) is 11.6 Å². The summed E-state index contributed by atoms with van der Waals surface area (Å²) in [5.41, 5.74) is 2.36. The van der Waals surface area contributed by atoms with E-state index in [1.165, 1.54) is 0 Å². The Kier molecular flexibility index (Phi) is 8.44. The summed E-state index contributed by atoms with van der Waals surface area (Å²) in [5, 5.41) is 0. The average molecular weight is 511 g/mol. The van der Waals surface area contributed by atoms with Crippen molar-refractivity contribution in [2.75, 3.05) is 28.4 Å². The lowest BCUT2D eigenvalue weighted by Gasteiger charge is -2.27. The highest BCUT2D eigenvalue weighted by atomic mass is 16.5. The van der Waals surface area contributed by atoms with Crippen LogP contribution in [0.5, 0.6) is 23.0 Å². The van der Waals surface area contributed by atoms with Crippen molar-refractivity contribution in [3.05, 3.63) is 119 Å². The van der Waals surface area contributed by atoms with E-state index >= 15 is 0 Å². The topological polar surface area (TPSA) is 71.1 Å². The maximum Gasteiger partial charge on any atom is 0.171 e. The Morgan fingerprint density at radius 1 is 0.421 bits per heavy atom. The number of rotatable bonds is 11. The fourth-order valence-electron chi connectivity index (χ4n) is 4.48. The van der Waals surface area contributed by atoms with Crippen LogP contribution >= 0.6 is 0 Å². The highest BCUT2D eigenvalue weighted by Crippen LogP contribution is 2.40. The van der Waals surface area contributed by atoms with Crippen molar-refractivity contribution in [3.63, 3.8) is 0 Å². The Morgan fingerprint density at radius 3 is 0.895 bits per heavy atom. The molecule has 2 atom stereocenters. The molecule has 0 aliphatic rings. The fourth-order valence-corrected chi connectivity index (χ4v) is 4.48. The number of ketones is 2. The second-order valence-electron chi connectivity index (χ2n) is 8.69. The van der Waals surface area contributed by atoms with E-state index in [2.05, 4.69) is 0 Å². The first-order valence-electron chi connectivity index (χ1n) is 12.1. The third kappa shape index (κ3) is 5.70. The number of hydrogen-bond acceptors (Lipinski definition) is 6. The van der Waals surface area contributed by atoms with Crippen molar-refractivity contribution in [2.24, 2.45) is 0 Å². The molecule has 4 aromatic carbocycles. The summed E-state index contributed by atoms with van der Waals surface area (Å²) >= 11 is 0. The summed E-state index contributed by atoms with van der Waals surface area (Å²) in [4.78, 5) is 28.4. The summed E-state index contributed by atoms with van der Waals surface area (Å²) in [6.07, 6.45) is 0. The van der Waals surface area contributed by atoms with E-state index in [4.69, 9.17) is 18.9 Å². The molecule has 0 bridgehead atoms. The van der Waals surface area contributed by atoms with Gasteiger partial charge >= 0.3 is 0 Å². The number of carbonyl (C=O) groups excluding carboxylic acids is 2. The van der Waals surface area contributed by atoms with Gasteiger partial charge in [0.1, 0.15) is 23.0 Å². The molecule has 6 nitrogen and oxygen atoms in total. The summed E-state index contributed by atoms with van der Waals surface area (Å²) in [7, 11) is 6.32. The minimum atomic E-state index is -0.808. The maximum absolute atomic E-state index is 14.2. The van der Waals surface area contributed by atoms with Gasteiger partial charge in [-0.1, -0.05) is 24.3 Å². The van der Waals surface area contributed by atoms with Crippen molar-refractivity contribution in [1.29, 1.82) is 0 Å².